The zero-order chi connectivity index (χ0) is 15.4. The Morgan fingerprint density at radius 3 is 2.81 bits per heavy atom. The van der Waals surface area contributed by atoms with Crippen LogP contribution in [-0.4, -0.2) is 31.9 Å². The number of carboxylic acids is 1. The Balaban J connectivity index is 2.01. The SMILES string of the molecule is Cn1cnc(CNC(=O)Nc2ccc(F)cc2C(=O)O)n1. The van der Waals surface area contributed by atoms with Crippen LogP contribution in [-0.2, 0) is 13.6 Å². The lowest BCUT2D eigenvalue weighted by molar-refractivity contribution is 0.0697. The minimum Gasteiger partial charge on any atom is -0.478 e. The third-order valence-electron chi connectivity index (χ3n) is 2.51. The highest BCUT2D eigenvalue weighted by Gasteiger charge is 2.13. The van der Waals surface area contributed by atoms with Crippen LogP contribution in [0.4, 0.5) is 14.9 Å². The van der Waals surface area contributed by atoms with Gasteiger partial charge in [0.15, 0.2) is 5.82 Å². The van der Waals surface area contributed by atoms with Crippen LogP contribution in [0.25, 0.3) is 0 Å². The van der Waals surface area contributed by atoms with Crippen molar-refractivity contribution in [2.24, 2.45) is 7.05 Å². The minimum absolute atomic E-state index is 0.00428. The van der Waals surface area contributed by atoms with Crippen molar-refractivity contribution < 1.29 is 19.1 Å². The summed E-state index contributed by atoms with van der Waals surface area (Å²) in [6.07, 6.45) is 1.48. The summed E-state index contributed by atoms with van der Waals surface area (Å²) < 4.78 is 14.5. The number of aryl methyl sites for hydroxylation is 1. The first-order chi connectivity index (χ1) is 9.95. The molecular formula is C12H12FN5O3. The van der Waals surface area contributed by atoms with Gasteiger partial charge >= 0.3 is 12.0 Å². The fourth-order valence-electron chi connectivity index (χ4n) is 1.59. The number of rotatable bonds is 4. The van der Waals surface area contributed by atoms with Gasteiger partial charge in [0.25, 0.3) is 0 Å². The second-order valence-electron chi connectivity index (χ2n) is 4.14. The number of anilines is 1. The van der Waals surface area contributed by atoms with Gasteiger partial charge in [0.1, 0.15) is 12.1 Å². The Labute approximate surface area is 118 Å². The first-order valence-corrected chi connectivity index (χ1v) is 5.88. The van der Waals surface area contributed by atoms with Crippen LogP contribution in [0, 0.1) is 5.82 Å². The molecule has 0 fully saturated rings. The zero-order valence-electron chi connectivity index (χ0n) is 11.0. The molecule has 2 aromatic rings. The van der Waals surface area contributed by atoms with Gasteiger partial charge in [-0.1, -0.05) is 0 Å². The average molecular weight is 293 g/mol. The van der Waals surface area contributed by atoms with Crippen molar-refractivity contribution in [1.82, 2.24) is 20.1 Å². The van der Waals surface area contributed by atoms with E-state index < -0.39 is 17.8 Å². The highest BCUT2D eigenvalue weighted by atomic mass is 19.1. The highest BCUT2D eigenvalue weighted by Crippen LogP contribution is 2.16. The van der Waals surface area contributed by atoms with E-state index in [0.29, 0.717) is 5.82 Å². The molecule has 0 radical (unpaired) electrons. The molecule has 8 nitrogen and oxygen atoms in total. The first-order valence-electron chi connectivity index (χ1n) is 5.88. The number of halogens is 1. The first kappa shape index (κ1) is 14.4. The molecule has 3 N–H and O–H groups in total. The number of nitrogens with zero attached hydrogens (tertiary/aromatic N) is 3. The number of urea groups is 1. The topological polar surface area (TPSA) is 109 Å². The second-order valence-corrected chi connectivity index (χ2v) is 4.14. The van der Waals surface area contributed by atoms with Crippen molar-refractivity contribution in [2.45, 2.75) is 6.54 Å². The summed E-state index contributed by atoms with van der Waals surface area (Å²) in [7, 11) is 1.69. The second kappa shape index (κ2) is 5.99. The third-order valence-corrected chi connectivity index (χ3v) is 2.51. The number of aromatic carboxylic acids is 1. The van der Waals surface area contributed by atoms with Crippen molar-refractivity contribution in [3.05, 3.63) is 41.7 Å². The summed E-state index contributed by atoms with van der Waals surface area (Å²) in [5.41, 5.74) is -0.337. The van der Waals surface area contributed by atoms with Crippen LogP contribution in [0.1, 0.15) is 16.2 Å². The summed E-state index contributed by atoms with van der Waals surface area (Å²) in [6.45, 7) is 0.0796. The van der Waals surface area contributed by atoms with Gasteiger partial charge in [-0.05, 0) is 18.2 Å². The summed E-state index contributed by atoms with van der Waals surface area (Å²) in [4.78, 5) is 26.6. The van der Waals surface area contributed by atoms with Crippen LogP contribution in [0.3, 0.4) is 0 Å². The van der Waals surface area contributed by atoms with E-state index >= 15 is 0 Å². The number of amides is 2. The van der Waals surface area contributed by atoms with E-state index in [2.05, 4.69) is 20.7 Å². The van der Waals surface area contributed by atoms with Gasteiger partial charge in [-0.3, -0.25) is 4.68 Å². The number of carbonyl (C=O) groups is 2. The van der Waals surface area contributed by atoms with Gasteiger partial charge in [0.05, 0.1) is 17.8 Å². The van der Waals surface area contributed by atoms with E-state index in [0.717, 1.165) is 12.1 Å². The maximum atomic E-state index is 13.0. The molecule has 9 heteroatoms. The van der Waals surface area contributed by atoms with Gasteiger partial charge in [0.2, 0.25) is 0 Å². The number of nitrogens with one attached hydrogen (secondary N) is 2. The number of benzene rings is 1. The summed E-state index contributed by atoms with van der Waals surface area (Å²) in [5.74, 6) is -1.63. The van der Waals surface area contributed by atoms with Crippen LogP contribution in [0.2, 0.25) is 0 Å². The zero-order valence-corrected chi connectivity index (χ0v) is 11.0. The van der Waals surface area contributed by atoms with Crippen molar-refractivity contribution in [1.29, 1.82) is 0 Å². The Morgan fingerprint density at radius 2 is 2.19 bits per heavy atom. The van der Waals surface area contributed by atoms with Crippen molar-refractivity contribution >= 4 is 17.7 Å². The van der Waals surface area contributed by atoms with E-state index in [-0.39, 0.29) is 17.8 Å². The van der Waals surface area contributed by atoms with Gasteiger partial charge in [-0.2, -0.15) is 5.10 Å². The molecule has 1 heterocycles. The molecule has 2 amide bonds. The molecule has 0 aliphatic heterocycles. The predicted octanol–water partition coefficient (Wildman–Crippen LogP) is 0.974. The fourth-order valence-corrected chi connectivity index (χ4v) is 1.59. The standard InChI is InChI=1S/C12H12FN5O3/c1-18-6-15-10(17-18)5-14-12(21)16-9-3-2-7(13)4-8(9)11(19)20/h2-4,6H,5H2,1H3,(H,19,20)(H2,14,16,21). The largest absolute Gasteiger partial charge is 0.478 e. The average Bonchev–Trinajstić information content (AvgIpc) is 2.84. The molecule has 0 atom stereocenters. The van der Waals surface area contributed by atoms with Crippen molar-refractivity contribution in [3.63, 3.8) is 0 Å². The molecule has 2 rings (SSSR count). The molecule has 21 heavy (non-hydrogen) atoms. The monoisotopic (exact) mass is 293 g/mol. The van der Waals surface area contributed by atoms with E-state index in [9.17, 15) is 14.0 Å². The van der Waals surface area contributed by atoms with Crippen LogP contribution in [0.5, 0.6) is 0 Å². The molecule has 1 aromatic carbocycles. The number of hydrogen-bond acceptors (Lipinski definition) is 4. The molecule has 0 saturated carbocycles. The van der Waals surface area contributed by atoms with Gasteiger partial charge in [-0.15, -0.1) is 0 Å². The van der Waals surface area contributed by atoms with Crippen LogP contribution >= 0.6 is 0 Å². The normalized spacial score (nSPS) is 10.2. The number of carboxylic acid groups (broad SMARTS) is 1. The fraction of sp³-hybridized carbons (Fsp3) is 0.167. The molecule has 1 aromatic heterocycles. The molecule has 0 saturated heterocycles. The smallest absolute Gasteiger partial charge is 0.337 e. The summed E-state index contributed by atoms with van der Waals surface area (Å²) in [6, 6.07) is 2.43. The Kier molecular flexibility index (Phi) is 4.12. The molecule has 0 unspecified atom stereocenters. The van der Waals surface area contributed by atoms with Gasteiger partial charge < -0.3 is 15.7 Å². The van der Waals surface area contributed by atoms with E-state index in [1.165, 1.54) is 17.1 Å². The summed E-state index contributed by atoms with van der Waals surface area (Å²) >= 11 is 0. The molecule has 110 valence electrons. The Hall–Kier alpha value is -2.97. The summed E-state index contributed by atoms with van der Waals surface area (Å²) in [5, 5.41) is 17.7. The minimum atomic E-state index is -1.34. The molecular weight excluding hydrogens is 281 g/mol. The third kappa shape index (κ3) is 3.75. The molecule has 0 bridgehead atoms. The van der Waals surface area contributed by atoms with E-state index in [4.69, 9.17) is 5.11 Å². The predicted molar refractivity (Wildman–Crippen MR) is 70.2 cm³/mol. The van der Waals surface area contributed by atoms with Crippen LogP contribution < -0.4 is 10.6 Å². The lowest BCUT2D eigenvalue weighted by Gasteiger charge is -2.09. The Morgan fingerprint density at radius 1 is 1.43 bits per heavy atom. The quantitative estimate of drug-likeness (QED) is 0.778. The lowest BCUT2D eigenvalue weighted by atomic mass is 10.2. The maximum absolute atomic E-state index is 13.0. The maximum Gasteiger partial charge on any atom is 0.337 e. The molecule has 0 aliphatic rings. The number of carbonyl (C=O) groups excluding carboxylic acids is 1. The number of hydrogen-bond donors (Lipinski definition) is 3. The van der Waals surface area contributed by atoms with Crippen molar-refractivity contribution in [2.75, 3.05) is 5.32 Å². The van der Waals surface area contributed by atoms with E-state index in [1.54, 1.807) is 7.05 Å². The lowest BCUT2D eigenvalue weighted by Crippen LogP contribution is -2.29. The number of aromatic nitrogens is 3. The molecule has 0 aliphatic carbocycles. The van der Waals surface area contributed by atoms with Gasteiger partial charge in [0, 0.05) is 7.05 Å². The van der Waals surface area contributed by atoms with Crippen molar-refractivity contribution in [3.8, 4) is 0 Å². The Bertz CT molecular complexity index is 685. The van der Waals surface area contributed by atoms with E-state index in [1.807, 2.05) is 0 Å². The van der Waals surface area contributed by atoms with Crippen LogP contribution in [0.15, 0.2) is 24.5 Å². The highest BCUT2D eigenvalue weighted by molar-refractivity contribution is 5.99. The molecule has 0 spiro atoms. The van der Waals surface area contributed by atoms with Gasteiger partial charge in [-0.25, -0.2) is 19.0 Å².